The molecule has 3 fully saturated rings. The number of nitrogens with one attached hydrogen (secondary N) is 1. The minimum atomic E-state index is -1.19. The van der Waals surface area contributed by atoms with E-state index in [4.69, 9.17) is 14.2 Å². The fourth-order valence-electron chi connectivity index (χ4n) is 5.57. The molecule has 180 valence electrons. The third-order valence-electron chi connectivity index (χ3n) is 6.97. The molecule has 3 unspecified atom stereocenters. The molecule has 10 heteroatoms. The predicted octanol–water partition coefficient (Wildman–Crippen LogP) is 1.72. The minimum Gasteiger partial charge on any atom is -0.497 e. The number of hydrogen-bond acceptors (Lipinski definition) is 7. The lowest BCUT2D eigenvalue weighted by atomic mass is 9.70. The van der Waals surface area contributed by atoms with E-state index >= 15 is 0 Å². The molecule has 0 saturated carbocycles. The molecule has 0 aromatic heterocycles. The summed E-state index contributed by atoms with van der Waals surface area (Å²) in [5.41, 5.74) is -0.651. The molecule has 2 amide bonds. The molecule has 0 aliphatic carbocycles. The SMILES string of the molecule is CCOC(=O)[C@H]1[C@@H]2OC3(CC2Br)C(C(=O)Nc2ccc(OC)cc2)N([C@@H](CC)CO)C(=O)[C@H]13. The molecule has 33 heavy (non-hydrogen) atoms. The lowest BCUT2D eigenvalue weighted by Gasteiger charge is -2.36. The third kappa shape index (κ3) is 3.72. The second kappa shape index (κ2) is 9.23. The molecule has 1 aromatic rings. The summed E-state index contributed by atoms with van der Waals surface area (Å²) in [5.74, 6) is -2.29. The van der Waals surface area contributed by atoms with Gasteiger partial charge in [-0.25, -0.2) is 0 Å². The Labute approximate surface area is 200 Å². The number of ether oxygens (including phenoxy) is 3. The second-order valence-corrected chi connectivity index (χ2v) is 9.80. The van der Waals surface area contributed by atoms with Gasteiger partial charge in [0.2, 0.25) is 11.8 Å². The molecule has 2 N–H and O–H groups in total. The van der Waals surface area contributed by atoms with Gasteiger partial charge in [0, 0.05) is 10.5 Å². The van der Waals surface area contributed by atoms with Crippen molar-refractivity contribution in [2.45, 2.75) is 55.3 Å². The Morgan fingerprint density at radius 2 is 2.03 bits per heavy atom. The van der Waals surface area contributed by atoms with Gasteiger partial charge in [0.25, 0.3) is 0 Å². The Bertz CT molecular complexity index is 922. The summed E-state index contributed by atoms with van der Waals surface area (Å²) < 4.78 is 16.8. The maximum absolute atomic E-state index is 13.7. The molecule has 1 aromatic carbocycles. The highest BCUT2D eigenvalue weighted by atomic mass is 79.9. The number of carbonyl (C=O) groups excluding carboxylic acids is 3. The number of esters is 1. The van der Waals surface area contributed by atoms with E-state index in [9.17, 15) is 19.5 Å². The number of carbonyl (C=O) groups is 3. The standard InChI is InChI=1S/C23H29BrN2O7/c1-4-13(11-27)26-19(20(28)25-12-6-8-14(31-3)9-7-12)23-10-15(24)18(33-23)16(17(23)21(26)29)22(30)32-5-2/h6-9,13,15-19,27H,4-5,10-11H2,1-3H3,(H,25,28)/t13-,15?,16+,17-,18+,19?,23?/m0/s1. The van der Waals surface area contributed by atoms with Crippen LogP contribution in [0.25, 0.3) is 0 Å². The van der Waals surface area contributed by atoms with E-state index in [2.05, 4.69) is 21.2 Å². The van der Waals surface area contributed by atoms with Crippen molar-refractivity contribution in [3.63, 3.8) is 0 Å². The van der Waals surface area contributed by atoms with Gasteiger partial charge >= 0.3 is 5.97 Å². The largest absolute Gasteiger partial charge is 0.497 e. The zero-order chi connectivity index (χ0) is 23.9. The lowest BCUT2D eigenvalue weighted by molar-refractivity contribution is -0.155. The number of nitrogens with zero attached hydrogens (tertiary/aromatic N) is 1. The lowest BCUT2D eigenvalue weighted by Crippen LogP contribution is -2.56. The summed E-state index contributed by atoms with van der Waals surface area (Å²) in [7, 11) is 1.55. The smallest absolute Gasteiger partial charge is 0.312 e. The molecule has 1 spiro atoms. The topological polar surface area (TPSA) is 114 Å². The van der Waals surface area contributed by atoms with E-state index < -0.39 is 47.5 Å². The molecular weight excluding hydrogens is 496 g/mol. The van der Waals surface area contributed by atoms with Crippen molar-refractivity contribution < 1.29 is 33.7 Å². The van der Waals surface area contributed by atoms with E-state index in [0.29, 0.717) is 24.3 Å². The first kappa shape index (κ1) is 24.0. The van der Waals surface area contributed by atoms with Crippen molar-refractivity contribution in [1.82, 2.24) is 4.90 Å². The van der Waals surface area contributed by atoms with E-state index in [0.717, 1.165) is 0 Å². The number of fused-ring (bicyclic) bond motifs is 1. The van der Waals surface area contributed by atoms with Gasteiger partial charge in [0.15, 0.2) is 0 Å². The van der Waals surface area contributed by atoms with E-state index in [1.54, 1.807) is 38.3 Å². The van der Waals surface area contributed by atoms with Crippen LogP contribution in [0.15, 0.2) is 24.3 Å². The van der Waals surface area contributed by atoms with Crippen molar-refractivity contribution in [2.75, 3.05) is 25.6 Å². The Morgan fingerprint density at radius 3 is 2.61 bits per heavy atom. The quantitative estimate of drug-likeness (QED) is 0.393. The highest BCUT2D eigenvalue weighted by Crippen LogP contribution is 2.60. The highest BCUT2D eigenvalue weighted by molar-refractivity contribution is 9.09. The van der Waals surface area contributed by atoms with E-state index in [-0.39, 0.29) is 23.9 Å². The molecule has 9 nitrogen and oxygen atoms in total. The summed E-state index contributed by atoms with van der Waals surface area (Å²) >= 11 is 3.60. The Morgan fingerprint density at radius 1 is 1.33 bits per heavy atom. The number of hydrogen-bond donors (Lipinski definition) is 2. The van der Waals surface area contributed by atoms with Gasteiger partial charge in [0.05, 0.1) is 44.3 Å². The van der Waals surface area contributed by atoms with Gasteiger partial charge in [-0.3, -0.25) is 14.4 Å². The van der Waals surface area contributed by atoms with Gasteiger partial charge in [0.1, 0.15) is 17.4 Å². The average molecular weight is 525 g/mol. The third-order valence-corrected chi connectivity index (χ3v) is 7.81. The number of halogens is 1. The summed E-state index contributed by atoms with van der Waals surface area (Å²) in [6.45, 7) is 3.43. The molecule has 3 aliphatic rings. The first-order valence-corrected chi connectivity index (χ1v) is 12.1. The number of methoxy groups -OCH3 is 1. The summed E-state index contributed by atoms with van der Waals surface area (Å²) in [5, 5.41) is 12.9. The molecule has 2 bridgehead atoms. The zero-order valence-electron chi connectivity index (χ0n) is 18.8. The number of likely N-dealkylation sites (tertiary alicyclic amines) is 1. The predicted molar refractivity (Wildman–Crippen MR) is 122 cm³/mol. The van der Waals surface area contributed by atoms with Crippen molar-refractivity contribution in [2.24, 2.45) is 11.8 Å². The van der Waals surface area contributed by atoms with Crippen LogP contribution in [0.1, 0.15) is 26.7 Å². The summed E-state index contributed by atoms with van der Waals surface area (Å²) in [4.78, 5) is 41.5. The van der Waals surface area contributed by atoms with E-state index in [1.807, 2.05) is 6.92 Å². The number of rotatable bonds is 8. The van der Waals surface area contributed by atoms with Crippen LogP contribution in [0.3, 0.4) is 0 Å². The first-order chi connectivity index (χ1) is 15.8. The minimum absolute atomic E-state index is 0.183. The highest BCUT2D eigenvalue weighted by Gasteiger charge is 2.77. The van der Waals surface area contributed by atoms with Crippen LogP contribution < -0.4 is 10.1 Å². The van der Waals surface area contributed by atoms with Crippen LogP contribution in [0.4, 0.5) is 5.69 Å². The number of alkyl halides is 1. The van der Waals surface area contributed by atoms with Crippen molar-refractivity contribution in [3.8, 4) is 5.75 Å². The number of aliphatic hydroxyl groups is 1. The van der Waals surface area contributed by atoms with Gasteiger partial charge in [-0.2, -0.15) is 0 Å². The Balaban J connectivity index is 1.73. The van der Waals surface area contributed by atoms with Gasteiger partial charge < -0.3 is 29.5 Å². The molecule has 4 rings (SSSR count). The number of benzene rings is 1. The van der Waals surface area contributed by atoms with Crippen LogP contribution in [0.5, 0.6) is 5.75 Å². The fourth-order valence-corrected chi connectivity index (χ4v) is 6.51. The van der Waals surface area contributed by atoms with Gasteiger partial charge in [-0.05, 0) is 44.0 Å². The monoisotopic (exact) mass is 524 g/mol. The van der Waals surface area contributed by atoms with Crippen LogP contribution in [-0.4, -0.2) is 76.7 Å². The van der Waals surface area contributed by atoms with Crippen LogP contribution >= 0.6 is 15.9 Å². The number of anilines is 1. The normalized spacial score (nSPS) is 33.1. The Hall–Kier alpha value is -2.17. The average Bonchev–Trinajstić information content (AvgIpc) is 3.39. The molecular formula is C23H29BrN2O7. The van der Waals surface area contributed by atoms with Crippen LogP contribution in [-0.2, 0) is 23.9 Å². The zero-order valence-corrected chi connectivity index (χ0v) is 20.4. The van der Waals surface area contributed by atoms with E-state index in [1.165, 1.54) is 4.90 Å². The van der Waals surface area contributed by atoms with Crippen LogP contribution in [0.2, 0.25) is 0 Å². The first-order valence-electron chi connectivity index (χ1n) is 11.2. The van der Waals surface area contributed by atoms with Crippen LogP contribution in [0, 0.1) is 11.8 Å². The number of aliphatic hydroxyl groups excluding tert-OH is 1. The van der Waals surface area contributed by atoms with Gasteiger partial charge in [-0.15, -0.1) is 0 Å². The van der Waals surface area contributed by atoms with Crippen molar-refractivity contribution in [1.29, 1.82) is 0 Å². The molecule has 0 radical (unpaired) electrons. The van der Waals surface area contributed by atoms with Gasteiger partial charge in [-0.1, -0.05) is 22.9 Å². The number of amides is 2. The fraction of sp³-hybridized carbons (Fsp3) is 0.609. The summed E-state index contributed by atoms with van der Waals surface area (Å²) in [6, 6.07) is 5.28. The van der Waals surface area contributed by atoms with Crippen molar-refractivity contribution >= 4 is 39.4 Å². The maximum atomic E-state index is 13.7. The summed E-state index contributed by atoms with van der Waals surface area (Å²) in [6.07, 6.45) is 0.275. The molecule has 7 atom stereocenters. The maximum Gasteiger partial charge on any atom is 0.312 e. The molecule has 3 aliphatic heterocycles. The molecule has 3 saturated heterocycles. The molecule has 3 heterocycles. The second-order valence-electron chi connectivity index (χ2n) is 8.62. The van der Waals surface area contributed by atoms with Crippen molar-refractivity contribution in [3.05, 3.63) is 24.3 Å². The Kier molecular flexibility index (Phi) is 6.70.